The van der Waals surface area contributed by atoms with Crippen LogP contribution in [-0.4, -0.2) is 57.5 Å². The predicted molar refractivity (Wildman–Crippen MR) is 100 cm³/mol. The number of aryl methyl sites for hydroxylation is 2. The van der Waals surface area contributed by atoms with E-state index in [4.69, 9.17) is 9.84 Å². The Morgan fingerprint density at radius 3 is 2.71 bits per heavy atom. The van der Waals surface area contributed by atoms with E-state index in [0.717, 1.165) is 24.2 Å². The Labute approximate surface area is 162 Å². The van der Waals surface area contributed by atoms with Gasteiger partial charge in [0.2, 0.25) is 0 Å². The summed E-state index contributed by atoms with van der Waals surface area (Å²) < 4.78 is 21.8. The molecular weight excluding hydrogens is 365 g/mol. The number of ether oxygens (including phenoxy) is 1. The number of benzene rings is 1. The lowest BCUT2D eigenvalue weighted by atomic mass is 10.1. The van der Waals surface area contributed by atoms with Crippen LogP contribution in [0.2, 0.25) is 0 Å². The standard InChI is InChI=1S/C20H24FN3O4/c1-13-10-14(2)24(22-13)18-6-5-15(11-17(18)21)20(27)23(8-7-19(25)26)12-16-4-3-9-28-16/h5-6,10-11,16H,3-4,7-9,12H2,1-2H3,(H,25,26)/t16-/m0/s1. The first-order valence-corrected chi connectivity index (χ1v) is 9.31. The van der Waals surface area contributed by atoms with E-state index in [9.17, 15) is 14.0 Å². The van der Waals surface area contributed by atoms with E-state index < -0.39 is 17.7 Å². The van der Waals surface area contributed by atoms with Crippen molar-refractivity contribution < 1.29 is 23.8 Å². The van der Waals surface area contributed by atoms with E-state index in [2.05, 4.69) is 5.10 Å². The van der Waals surface area contributed by atoms with Gasteiger partial charge < -0.3 is 14.7 Å². The number of carboxylic acids is 1. The quantitative estimate of drug-likeness (QED) is 0.787. The number of amides is 1. The summed E-state index contributed by atoms with van der Waals surface area (Å²) in [6.07, 6.45) is 1.45. The van der Waals surface area contributed by atoms with E-state index in [1.54, 1.807) is 6.07 Å². The minimum atomic E-state index is -0.990. The minimum absolute atomic E-state index is 0.0505. The maximum Gasteiger partial charge on any atom is 0.305 e. The summed E-state index contributed by atoms with van der Waals surface area (Å²) in [5, 5.41) is 13.2. The molecule has 0 spiro atoms. The average molecular weight is 389 g/mol. The Morgan fingerprint density at radius 2 is 2.14 bits per heavy atom. The topological polar surface area (TPSA) is 84.7 Å². The lowest BCUT2D eigenvalue weighted by Gasteiger charge is -2.25. The molecule has 0 bridgehead atoms. The van der Waals surface area contributed by atoms with Gasteiger partial charge >= 0.3 is 5.97 Å². The molecule has 1 amide bonds. The summed E-state index contributed by atoms with van der Waals surface area (Å²) in [5.74, 6) is -1.96. The molecule has 1 aliphatic heterocycles. The predicted octanol–water partition coefficient (Wildman–Crippen LogP) is 2.72. The summed E-state index contributed by atoms with van der Waals surface area (Å²) in [6, 6.07) is 6.08. The number of halogens is 1. The van der Waals surface area contributed by atoms with Crippen LogP contribution in [0.1, 0.15) is 41.0 Å². The number of hydrogen-bond acceptors (Lipinski definition) is 4. The third-order valence-electron chi connectivity index (χ3n) is 4.76. The number of aliphatic carboxylic acids is 1. The molecule has 28 heavy (non-hydrogen) atoms. The van der Waals surface area contributed by atoms with Crippen LogP contribution in [0.4, 0.5) is 4.39 Å². The molecule has 8 heteroatoms. The lowest BCUT2D eigenvalue weighted by Crippen LogP contribution is -2.38. The third-order valence-corrected chi connectivity index (χ3v) is 4.76. The van der Waals surface area contributed by atoms with Crippen molar-refractivity contribution >= 4 is 11.9 Å². The van der Waals surface area contributed by atoms with Gasteiger partial charge in [0.15, 0.2) is 0 Å². The fourth-order valence-corrected chi connectivity index (χ4v) is 3.41. The first-order valence-electron chi connectivity index (χ1n) is 9.31. The summed E-state index contributed by atoms with van der Waals surface area (Å²) in [5.41, 5.74) is 2.00. The highest BCUT2D eigenvalue weighted by Gasteiger charge is 2.24. The van der Waals surface area contributed by atoms with Gasteiger partial charge in [-0.3, -0.25) is 9.59 Å². The van der Waals surface area contributed by atoms with Crippen molar-refractivity contribution in [2.24, 2.45) is 0 Å². The first kappa shape index (κ1) is 20.0. The number of aromatic nitrogens is 2. The Kier molecular flexibility index (Phi) is 6.08. The highest BCUT2D eigenvalue weighted by Crippen LogP contribution is 2.20. The van der Waals surface area contributed by atoms with Gasteiger partial charge in [-0.15, -0.1) is 0 Å². The Morgan fingerprint density at radius 1 is 1.36 bits per heavy atom. The van der Waals surface area contributed by atoms with E-state index >= 15 is 0 Å². The zero-order chi connectivity index (χ0) is 20.3. The molecule has 1 saturated heterocycles. The van der Waals surface area contributed by atoms with Crippen LogP contribution in [0.3, 0.4) is 0 Å². The minimum Gasteiger partial charge on any atom is -0.481 e. The molecule has 1 atom stereocenters. The molecule has 2 aromatic rings. The molecule has 1 aromatic carbocycles. The van der Waals surface area contributed by atoms with Gasteiger partial charge in [0.1, 0.15) is 11.5 Å². The molecule has 1 aromatic heterocycles. The smallest absolute Gasteiger partial charge is 0.305 e. The lowest BCUT2D eigenvalue weighted by molar-refractivity contribution is -0.137. The van der Waals surface area contributed by atoms with Gasteiger partial charge in [0, 0.05) is 31.0 Å². The monoisotopic (exact) mass is 389 g/mol. The van der Waals surface area contributed by atoms with E-state index in [1.807, 2.05) is 19.9 Å². The highest BCUT2D eigenvalue weighted by molar-refractivity contribution is 5.94. The largest absolute Gasteiger partial charge is 0.481 e. The number of carbonyl (C=O) groups excluding carboxylic acids is 1. The Balaban J connectivity index is 1.82. The van der Waals surface area contributed by atoms with Crippen molar-refractivity contribution in [3.63, 3.8) is 0 Å². The summed E-state index contributed by atoms with van der Waals surface area (Å²) in [6.45, 7) is 4.64. The van der Waals surface area contributed by atoms with Gasteiger partial charge in [0.25, 0.3) is 5.91 Å². The normalized spacial score (nSPS) is 16.3. The van der Waals surface area contributed by atoms with E-state index in [1.165, 1.54) is 21.7 Å². The van der Waals surface area contributed by atoms with Crippen LogP contribution in [0, 0.1) is 19.7 Å². The second-order valence-electron chi connectivity index (χ2n) is 7.04. The molecule has 0 radical (unpaired) electrons. The molecule has 0 saturated carbocycles. The van der Waals surface area contributed by atoms with Crippen molar-refractivity contribution in [3.05, 3.63) is 47.0 Å². The van der Waals surface area contributed by atoms with Gasteiger partial charge in [0.05, 0.1) is 18.2 Å². The number of carboxylic acid groups (broad SMARTS) is 1. The van der Waals surface area contributed by atoms with E-state index in [0.29, 0.717) is 13.2 Å². The van der Waals surface area contributed by atoms with Crippen molar-refractivity contribution in [3.8, 4) is 5.69 Å². The number of rotatable bonds is 7. The fraction of sp³-hybridized carbons (Fsp3) is 0.450. The zero-order valence-electron chi connectivity index (χ0n) is 16.0. The molecule has 1 aliphatic rings. The van der Waals surface area contributed by atoms with Crippen LogP contribution in [0.5, 0.6) is 0 Å². The van der Waals surface area contributed by atoms with Crippen molar-refractivity contribution in [1.29, 1.82) is 0 Å². The molecule has 3 rings (SSSR count). The zero-order valence-corrected chi connectivity index (χ0v) is 16.0. The Bertz CT molecular complexity index is 874. The molecular formula is C20H24FN3O4. The average Bonchev–Trinajstić information content (AvgIpc) is 3.27. The van der Waals surface area contributed by atoms with Crippen LogP contribution < -0.4 is 0 Å². The molecule has 1 fully saturated rings. The van der Waals surface area contributed by atoms with Crippen molar-refractivity contribution in [1.82, 2.24) is 14.7 Å². The maximum atomic E-state index is 14.7. The van der Waals surface area contributed by atoms with E-state index in [-0.39, 0.29) is 30.3 Å². The third kappa shape index (κ3) is 4.56. The van der Waals surface area contributed by atoms with Gasteiger partial charge in [-0.25, -0.2) is 9.07 Å². The summed E-state index contributed by atoms with van der Waals surface area (Å²) >= 11 is 0. The number of nitrogens with zero attached hydrogens (tertiary/aromatic N) is 3. The number of hydrogen-bond donors (Lipinski definition) is 1. The number of carbonyl (C=O) groups is 2. The first-order chi connectivity index (χ1) is 13.3. The van der Waals surface area contributed by atoms with Gasteiger partial charge in [-0.2, -0.15) is 5.10 Å². The molecule has 1 N–H and O–H groups in total. The van der Waals surface area contributed by atoms with Crippen molar-refractivity contribution in [2.45, 2.75) is 39.2 Å². The molecule has 0 unspecified atom stereocenters. The van der Waals surface area contributed by atoms with Crippen LogP contribution in [0.15, 0.2) is 24.3 Å². The second-order valence-corrected chi connectivity index (χ2v) is 7.04. The SMILES string of the molecule is Cc1cc(C)n(-c2ccc(C(=O)N(CCC(=O)O)C[C@@H]3CCCO3)cc2F)n1. The molecule has 0 aliphatic carbocycles. The van der Waals surface area contributed by atoms with Gasteiger partial charge in [-0.1, -0.05) is 0 Å². The fourth-order valence-electron chi connectivity index (χ4n) is 3.41. The van der Waals surface area contributed by atoms with Crippen LogP contribution in [-0.2, 0) is 9.53 Å². The van der Waals surface area contributed by atoms with Crippen molar-refractivity contribution in [2.75, 3.05) is 19.7 Å². The molecule has 2 heterocycles. The second kappa shape index (κ2) is 8.52. The van der Waals surface area contributed by atoms with Crippen LogP contribution in [0.25, 0.3) is 5.69 Å². The summed E-state index contributed by atoms with van der Waals surface area (Å²) in [7, 11) is 0. The molecule has 7 nitrogen and oxygen atoms in total. The highest BCUT2D eigenvalue weighted by atomic mass is 19.1. The Hall–Kier alpha value is -2.74. The summed E-state index contributed by atoms with van der Waals surface area (Å²) in [4.78, 5) is 25.3. The van der Waals surface area contributed by atoms with Gasteiger partial charge in [-0.05, 0) is 51.0 Å². The van der Waals surface area contributed by atoms with Crippen LogP contribution >= 0.6 is 0 Å². The molecule has 150 valence electrons. The maximum absolute atomic E-state index is 14.7.